The van der Waals surface area contributed by atoms with E-state index in [1.807, 2.05) is 24.3 Å². The Bertz CT molecular complexity index is 1190. The first kappa shape index (κ1) is 19.4. The number of hydrazone groups is 1. The lowest BCUT2D eigenvalue weighted by Crippen LogP contribution is -2.21. The van der Waals surface area contributed by atoms with Gasteiger partial charge < -0.3 is 9.52 Å². The van der Waals surface area contributed by atoms with Crippen molar-refractivity contribution < 1.29 is 19.1 Å². The lowest BCUT2D eigenvalue weighted by Gasteiger charge is -2.12. The van der Waals surface area contributed by atoms with E-state index >= 15 is 0 Å². The fourth-order valence-electron chi connectivity index (χ4n) is 3.27. The Kier molecular flexibility index (Phi) is 5.06. The summed E-state index contributed by atoms with van der Waals surface area (Å²) in [6.07, 6.45) is 2.59. The van der Waals surface area contributed by atoms with Crippen LogP contribution in [-0.4, -0.2) is 22.7 Å². The average molecular weight is 400 g/mol. The van der Waals surface area contributed by atoms with Crippen molar-refractivity contribution in [2.45, 2.75) is 20.3 Å². The maximum atomic E-state index is 12.9. The van der Waals surface area contributed by atoms with Gasteiger partial charge in [-0.25, -0.2) is 4.79 Å². The van der Waals surface area contributed by atoms with Crippen LogP contribution in [0.1, 0.15) is 35.5 Å². The molecular formula is C24H20N2O4. The molecule has 0 bridgehead atoms. The van der Waals surface area contributed by atoms with Crippen LogP contribution in [0.5, 0.6) is 0 Å². The van der Waals surface area contributed by atoms with Crippen LogP contribution in [0.2, 0.25) is 0 Å². The van der Waals surface area contributed by atoms with E-state index < -0.39 is 5.97 Å². The molecule has 2 heterocycles. The van der Waals surface area contributed by atoms with Gasteiger partial charge in [0, 0.05) is 5.56 Å². The van der Waals surface area contributed by atoms with Crippen molar-refractivity contribution in [2.24, 2.45) is 5.10 Å². The monoisotopic (exact) mass is 400 g/mol. The van der Waals surface area contributed by atoms with Gasteiger partial charge in [-0.3, -0.25) is 4.79 Å². The number of benzene rings is 2. The predicted octanol–water partition coefficient (Wildman–Crippen LogP) is 5.01. The minimum Gasteiger partial charge on any atom is -0.478 e. The van der Waals surface area contributed by atoms with E-state index in [1.165, 1.54) is 16.6 Å². The van der Waals surface area contributed by atoms with E-state index in [9.17, 15) is 9.59 Å². The van der Waals surface area contributed by atoms with Gasteiger partial charge in [0.2, 0.25) is 0 Å². The number of hydrogen-bond acceptors (Lipinski definition) is 4. The Labute approximate surface area is 173 Å². The lowest BCUT2D eigenvalue weighted by molar-refractivity contribution is -0.114. The number of carbonyl (C=O) groups excluding carboxylic acids is 1. The third-order valence-electron chi connectivity index (χ3n) is 4.96. The molecule has 1 N–H and O–H groups in total. The summed E-state index contributed by atoms with van der Waals surface area (Å²) in [6, 6.07) is 17.8. The van der Waals surface area contributed by atoms with Gasteiger partial charge in [0.15, 0.2) is 0 Å². The number of rotatable bonds is 5. The molecule has 1 aliphatic heterocycles. The summed E-state index contributed by atoms with van der Waals surface area (Å²) in [5.74, 6) is -0.201. The molecule has 30 heavy (non-hydrogen) atoms. The van der Waals surface area contributed by atoms with Crippen molar-refractivity contribution in [3.8, 4) is 11.3 Å². The second-order valence-electron chi connectivity index (χ2n) is 6.97. The molecule has 0 radical (unpaired) electrons. The van der Waals surface area contributed by atoms with Gasteiger partial charge in [-0.15, -0.1) is 0 Å². The number of carbonyl (C=O) groups is 2. The third-order valence-corrected chi connectivity index (χ3v) is 4.96. The summed E-state index contributed by atoms with van der Waals surface area (Å²) < 4.78 is 5.84. The molecule has 1 aliphatic rings. The summed E-state index contributed by atoms with van der Waals surface area (Å²) in [7, 11) is 0. The molecule has 4 rings (SSSR count). The van der Waals surface area contributed by atoms with Crippen LogP contribution in [0.15, 0.2) is 75.8 Å². The fourth-order valence-corrected chi connectivity index (χ4v) is 3.27. The molecule has 2 aromatic carbocycles. The highest BCUT2D eigenvalue weighted by Crippen LogP contribution is 2.28. The maximum Gasteiger partial charge on any atom is 0.335 e. The Hall–Kier alpha value is -3.93. The number of carboxylic acid groups (broad SMARTS) is 1. The number of anilines is 1. The normalized spacial score (nSPS) is 15.0. The molecule has 1 amide bonds. The summed E-state index contributed by atoms with van der Waals surface area (Å²) in [5, 5.41) is 14.9. The third kappa shape index (κ3) is 3.67. The zero-order chi connectivity index (χ0) is 21.3. The van der Waals surface area contributed by atoms with Crippen molar-refractivity contribution in [3.05, 3.63) is 83.1 Å². The number of hydrogen-bond donors (Lipinski definition) is 1. The second kappa shape index (κ2) is 7.83. The predicted molar refractivity (Wildman–Crippen MR) is 115 cm³/mol. The quantitative estimate of drug-likeness (QED) is 0.610. The van der Waals surface area contributed by atoms with E-state index in [-0.39, 0.29) is 11.5 Å². The van der Waals surface area contributed by atoms with Crippen LogP contribution >= 0.6 is 0 Å². The largest absolute Gasteiger partial charge is 0.478 e. The first-order valence-corrected chi connectivity index (χ1v) is 9.60. The van der Waals surface area contributed by atoms with Crippen LogP contribution < -0.4 is 5.01 Å². The number of furan rings is 1. The van der Waals surface area contributed by atoms with Crippen LogP contribution in [0.25, 0.3) is 17.4 Å². The molecule has 6 nitrogen and oxygen atoms in total. The van der Waals surface area contributed by atoms with Gasteiger partial charge in [0.1, 0.15) is 11.5 Å². The number of amides is 1. The molecule has 150 valence electrons. The van der Waals surface area contributed by atoms with E-state index in [2.05, 4.69) is 12.0 Å². The highest BCUT2D eigenvalue weighted by molar-refractivity contribution is 6.32. The molecule has 0 saturated heterocycles. The lowest BCUT2D eigenvalue weighted by atomic mass is 10.1. The van der Waals surface area contributed by atoms with Gasteiger partial charge >= 0.3 is 5.97 Å². The molecular weight excluding hydrogens is 380 g/mol. The van der Waals surface area contributed by atoms with E-state index in [0.29, 0.717) is 34.1 Å². The highest BCUT2D eigenvalue weighted by Gasteiger charge is 2.29. The standard InChI is InChI=1S/C24H20N2O4/c1-3-16-7-9-19(10-8-16)26-23(27)21(15(2)25-26)14-20-11-12-22(30-20)17-5-4-6-18(13-17)24(28)29/h4-14H,3H2,1-2H3,(H,28,29)/b21-14-. The molecule has 3 aromatic rings. The maximum absolute atomic E-state index is 12.9. The molecule has 0 atom stereocenters. The van der Waals surface area contributed by atoms with Crippen molar-refractivity contribution >= 4 is 29.4 Å². The molecule has 0 spiro atoms. The minimum atomic E-state index is -0.999. The summed E-state index contributed by atoms with van der Waals surface area (Å²) >= 11 is 0. The molecule has 0 aliphatic carbocycles. The minimum absolute atomic E-state index is 0.183. The number of nitrogens with zero attached hydrogens (tertiary/aromatic N) is 2. The summed E-state index contributed by atoms with van der Waals surface area (Å²) in [4.78, 5) is 24.1. The van der Waals surface area contributed by atoms with Crippen LogP contribution in [-0.2, 0) is 11.2 Å². The SMILES string of the molecule is CCc1ccc(N2N=C(C)/C(=C/c3ccc(-c4cccc(C(=O)O)c4)o3)C2=O)cc1. The van der Waals surface area contributed by atoms with Gasteiger partial charge in [-0.2, -0.15) is 10.1 Å². The second-order valence-corrected chi connectivity index (χ2v) is 6.97. The van der Waals surface area contributed by atoms with E-state index in [4.69, 9.17) is 9.52 Å². The fraction of sp³-hybridized carbons (Fsp3) is 0.125. The van der Waals surface area contributed by atoms with Crippen molar-refractivity contribution in [3.63, 3.8) is 0 Å². The Morgan fingerprint density at radius 2 is 1.90 bits per heavy atom. The molecule has 6 heteroatoms. The molecule has 0 fully saturated rings. The van der Waals surface area contributed by atoms with Crippen molar-refractivity contribution in [2.75, 3.05) is 5.01 Å². The van der Waals surface area contributed by atoms with E-state index in [1.54, 1.807) is 43.3 Å². The highest BCUT2D eigenvalue weighted by atomic mass is 16.4. The number of aromatic carboxylic acids is 1. The van der Waals surface area contributed by atoms with Gasteiger partial charge in [-0.05, 0) is 61.4 Å². The Morgan fingerprint density at radius 3 is 2.60 bits per heavy atom. The molecule has 0 saturated carbocycles. The number of aryl methyl sites for hydroxylation is 1. The Morgan fingerprint density at radius 1 is 1.13 bits per heavy atom. The summed E-state index contributed by atoms with van der Waals surface area (Å²) in [6.45, 7) is 3.86. The van der Waals surface area contributed by atoms with Crippen molar-refractivity contribution in [1.29, 1.82) is 0 Å². The van der Waals surface area contributed by atoms with Crippen LogP contribution in [0.4, 0.5) is 5.69 Å². The van der Waals surface area contributed by atoms with Crippen molar-refractivity contribution in [1.82, 2.24) is 0 Å². The molecule has 0 unspecified atom stereocenters. The van der Waals surface area contributed by atoms with E-state index in [0.717, 1.165) is 6.42 Å². The Balaban J connectivity index is 1.60. The smallest absolute Gasteiger partial charge is 0.335 e. The first-order chi connectivity index (χ1) is 14.5. The average Bonchev–Trinajstić information content (AvgIpc) is 3.34. The van der Waals surface area contributed by atoms with Gasteiger partial charge in [0.25, 0.3) is 5.91 Å². The zero-order valence-electron chi connectivity index (χ0n) is 16.6. The van der Waals surface area contributed by atoms with Crippen LogP contribution in [0.3, 0.4) is 0 Å². The van der Waals surface area contributed by atoms with Gasteiger partial charge in [-0.1, -0.05) is 31.2 Å². The molecule has 1 aromatic heterocycles. The van der Waals surface area contributed by atoms with Gasteiger partial charge in [0.05, 0.1) is 22.5 Å². The zero-order valence-corrected chi connectivity index (χ0v) is 16.6. The topological polar surface area (TPSA) is 83.1 Å². The summed E-state index contributed by atoms with van der Waals surface area (Å²) in [5.41, 5.74) is 3.80. The first-order valence-electron chi connectivity index (χ1n) is 9.60. The van der Waals surface area contributed by atoms with Crippen LogP contribution in [0, 0.1) is 0 Å². The number of carboxylic acids is 1.